The number of Topliss-reactive ketones (excluding diaryl/α,β-unsaturated/α-hetero) is 1. The lowest BCUT2D eigenvalue weighted by Crippen LogP contribution is -2.39. The molecule has 1 aromatic heterocycles. The number of nitrogens with zero attached hydrogens (tertiary/aromatic N) is 3. The van der Waals surface area contributed by atoms with E-state index >= 15 is 0 Å². The van der Waals surface area contributed by atoms with E-state index in [1.807, 2.05) is 13.0 Å². The van der Waals surface area contributed by atoms with E-state index in [1.54, 1.807) is 32.4 Å². The summed E-state index contributed by atoms with van der Waals surface area (Å²) < 4.78 is 10.6. The van der Waals surface area contributed by atoms with Crippen molar-refractivity contribution >= 4 is 17.5 Å². The van der Waals surface area contributed by atoms with Crippen LogP contribution in [0.1, 0.15) is 28.9 Å². The standard InChI is InChI=1S/C19H24N4O3/c1-12-9-17(22-19(20)21-12)23-8-4-5-14(11-23)18(24)13-6-7-15(25-2)16(10-13)26-3/h6-7,9-10,14H,4-5,8,11H2,1-3H3,(H2,20,21,22)/t14-/m0/s1. The van der Waals surface area contributed by atoms with Crippen molar-refractivity contribution in [2.24, 2.45) is 5.92 Å². The van der Waals surface area contributed by atoms with Gasteiger partial charge in [-0.3, -0.25) is 4.79 Å². The van der Waals surface area contributed by atoms with E-state index in [9.17, 15) is 4.79 Å². The minimum Gasteiger partial charge on any atom is -0.493 e. The molecule has 0 radical (unpaired) electrons. The maximum Gasteiger partial charge on any atom is 0.222 e. The predicted octanol–water partition coefficient (Wildman–Crippen LogP) is 2.48. The van der Waals surface area contributed by atoms with Crippen LogP contribution in [0.15, 0.2) is 24.3 Å². The first kappa shape index (κ1) is 18.0. The Morgan fingerprint density at radius 2 is 1.96 bits per heavy atom. The van der Waals surface area contributed by atoms with Gasteiger partial charge in [-0.05, 0) is 38.0 Å². The smallest absolute Gasteiger partial charge is 0.222 e. The molecule has 2 heterocycles. The summed E-state index contributed by atoms with van der Waals surface area (Å²) >= 11 is 0. The number of carbonyl (C=O) groups excluding carboxylic acids is 1. The van der Waals surface area contributed by atoms with Gasteiger partial charge in [-0.15, -0.1) is 0 Å². The largest absolute Gasteiger partial charge is 0.493 e. The highest BCUT2D eigenvalue weighted by Crippen LogP contribution is 2.30. The number of nitrogen functional groups attached to an aromatic ring is 1. The Bertz CT molecular complexity index is 789. The molecule has 1 fully saturated rings. The molecule has 0 saturated carbocycles. The lowest BCUT2D eigenvalue weighted by atomic mass is 9.90. The third-order valence-corrected chi connectivity index (χ3v) is 4.64. The number of ether oxygens (including phenoxy) is 2. The molecule has 0 unspecified atom stereocenters. The van der Waals surface area contributed by atoms with Crippen LogP contribution in [0.4, 0.5) is 11.8 Å². The number of ketones is 1. The van der Waals surface area contributed by atoms with E-state index in [1.165, 1.54) is 0 Å². The molecule has 1 aliphatic rings. The molecule has 0 bridgehead atoms. The number of methoxy groups -OCH3 is 2. The molecule has 138 valence electrons. The van der Waals surface area contributed by atoms with Crippen LogP contribution < -0.4 is 20.1 Å². The topological polar surface area (TPSA) is 90.6 Å². The van der Waals surface area contributed by atoms with Gasteiger partial charge in [0.05, 0.1) is 14.2 Å². The van der Waals surface area contributed by atoms with E-state index in [0.717, 1.165) is 30.9 Å². The minimum atomic E-state index is -0.0988. The normalized spacial score (nSPS) is 17.0. The SMILES string of the molecule is COc1ccc(C(=O)[C@H]2CCCN(c3cc(C)nc(N)n3)C2)cc1OC. The van der Waals surface area contributed by atoms with Gasteiger partial charge < -0.3 is 20.1 Å². The van der Waals surface area contributed by atoms with Crippen LogP contribution in [-0.4, -0.2) is 43.1 Å². The molecule has 0 spiro atoms. The Hall–Kier alpha value is -2.83. The molecule has 1 aromatic carbocycles. The molecule has 26 heavy (non-hydrogen) atoms. The van der Waals surface area contributed by atoms with Crippen molar-refractivity contribution in [3.8, 4) is 11.5 Å². The molecule has 7 nitrogen and oxygen atoms in total. The van der Waals surface area contributed by atoms with Gasteiger partial charge in [0.15, 0.2) is 17.3 Å². The van der Waals surface area contributed by atoms with Gasteiger partial charge in [0, 0.05) is 36.3 Å². The highest BCUT2D eigenvalue weighted by atomic mass is 16.5. The van der Waals surface area contributed by atoms with Gasteiger partial charge in [-0.25, -0.2) is 4.98 Å². The zero-order valence-electron chi connectivity index (χ0n) is 15.4. The Morgan fingerprint density at radius 3 is 2.65 bits per heavy atom. The van der Waals surface area contributed by atoms with Crippen molar-refractivity contribution < 1.29 is 14.3 Å². The predicted molar refractivity (Wildman–Crippen MR) is 100.0 cm³/mol. The second-order valence-corrected chi connectivity index (χ2v) is 6.44. The van der Waals surface area contributed by atoms with Crippen molar-refractivity contribution in [2.75, 3.05) is 37.9 Å². The molecule has 0 aliphatic carbocycles. The monoisotopic (exact) mass is 356 g/mol. The van der Waals surface area contributed by atoms with Crippen molar-refractivity contribution in [3.63, 3.8) is 0 Å². The number of hydrogen-bond donors (Lipinski definition) is 1. The molecule has 1 aliphatic heterocycles. The maximum atomic E-state index is 13.0. The van der Waals surface area contributed by atoms with Crippen LogP contribution in [0, 0.1) is 12.8 Å². The third kappa shape index (κ3) is 3.71. The molecule has 0 amide bonds. The Labute approximate surface area is 153 Å². The summed E-state index contributed by atoms with van der Waals surface area (Å²) in [6.45, 7) is 3.35. The average molecular weight is 356 g/mol. The number of aromatic nitrogens is 2. The first-order chi connectivity index (χ1) is 12.5. The van der Waals surface area contributed by atoms with Crippen molar-refractivity contribution in [1.82, 2.24) is 9.97 Å². The molecule has 3 rings (SSSR count). The number of piperidine rings is 1. The maximum absolute atomic E-state index is 13.0. The van der Waals surface area contributed by atoms with Crippen molar-refractivity contribution in [2.45, 2.75) is 19.8 Å². The fourth-order valence-corrected chi connectivity index (χ4v) is 3.36. The Kier molecular flexibility index (Phi) is 5.25. The number of aryl methyl sites for hydroxylation is 1. The molecule has 7 heteroatoms. The number of nitrogens with two attached hydrogens (primary N) is 1. The molecular formula is C19H24N4O3. The number of carbonyl (C=O) groups is 1. The summed E-state index contributed by atoms with van der Waals surface area (Å²) in [7, 11) is 3.14. The average Bonchev–Trinajstić information content (AvgIpc) is 2.66. The number of rotatable bonds is 5. The van der Waals surface area contributed by atoms with E-state index in [2.05, 4.69) is 14.9 Å². The highest BCUT2D eigenvalue weighted by molar-refractivity contribution is 5.98. The first-order valence-corrected chi connectivity index (χ1v) is 8.64. The summed E-state index contributed by atoms with van der Waals surface area (Å²) in [4.78, 5) is 23.5. The van der Waals surface area contributed by atoms with Gasteiger partial charge in [0.1, 0.15) is 5.82 Å². The van der Waals surface area contributed by atoms with E-state index < -0.39 is 0 Å². The van der Waals surface area contributed by atoms with Crippen LogP contribution in [0.5, 0.6) is 11.5 Å². The summed E-state index contributed by atoms with van der Waals surface area (Å²) in [5, 5.41) is 0. The molecule has 2 aromatic rings. The van der Waals surface area contributed by atoms with E-state index in [4.69, 9.17) is 15.2 Å². The van der Waals surface area contributed by atoms with Crippen LogP contribution >= 0.6 is 0 Å². The lowest BCUT2D eigenvalue weighted by molar-refractivity contribution is 0.0906. The van der Waals surface area contributed by atoms with Gasteiger partial charge in [-0.1, -0.05) is 0 Å². The van der Waals surface area contributed by atoms with Gasteiger partial charge in [0.2, 0.25) is 5.95 Å². The fourth-order valence-electron chi connectivity index (χ4n) is 3.36. The number of hydrogen-bond acceptors (Lipinski definition) is 7. The van der Waals surface area contributed by atoms with Gasteiger partial charge >= 0.3 is 0 Å². The van der Waals surface area contributed by atoms with E-state index in [-0.39, 0.29) is 17.6 Å². The summed E-state index contributed by atoms with van der Waals surface area (Å²) in [5.41, 5.74) is 7.22. The van der Waals surface area contributed by atoms with E-state index in [0.29, 0.717) is 23.6 Å². The molecule has 2 N–H and O–H groups in total. The second-order valence-electron chi connectivity index (χ2n) is 6.44. The highest BCUT2D eigenvalue weighted by Gasteiger charge is 2.28. The first-order valence-electron chi connectivity index (χ1n) is 8.64. The Morgan fingerprint density at radius 1 is 1.19 bits per heavy atom. The summed E-state index contributed by atoms with van der Waals surface area (Å²) in [6, 6.07) is 7.20. The van der Waals surface area contributed by atoms with Gasteiger partial charge in [0.25, 0.3) is 0 Å². The summed E-state index contributed by atoms with van der Waals surface area (Å²) in [6.07, 6.45) is 1.77. The Balaban J connectivity index is 1.80. The second kappa shape index (κ2) is 7.59. The minimum absolute atomic E-state index is 0.0988. The zero-order valence-corrected chi connectivity index (χ0v) is 15.4. The lowest BCUT2D eigenvalue weighted by Gasteiger charge is -2.33. The van der Waals surface area contributed by atoms with Gasteiger partial charge in [-0.2, -0.15) is 4.98 Å². The quantitative estimate of drug-likeness (QED) is 0.823. The number of anilines is 2. The van der Waals surface area contributed by atoms with Crippen LogP contribution in [0.3, 0.4) is 0 Å². The van der Waals surface area contributed by atoms with Crippen LogP contribution in [0.2, 0.25) is 0 Å². The third-order valence-electron chi connectivity index (χ3n) is 4.64. The number of benzene rings is 1. The van der Waals surface area contributed by atoms with Crippen LogP contribution in [-0.2, 0) is 0 Å². The van der Waals surface area contributed by atoms with Crippen molar-refractivity contribution in [1.29, 1.82) is 0 Å². The molecular weight excluding hydrogens is 332 g/mol. The zero-order chi connectivity index (χ0) is 18.7. The van der Waals surface area contributed by atoms with Crippen LogP contribution in [0.25, 0.3) is 0 Å². The summed E-state index contributed by atoms with van der Waals surface area (Å²) in [5.74, 6) is 2.22. The van der Waals surface area contributed by atoms with Crippen molar-refractivity contribution in [3.05, 3.63) is 35.5 Å². The molecule has 1 atom stereocenters. The molecule has 1 saturated heterocycles. The fraction of sp³-hybridized carbons (Fsp3) is 0.421.